The molecule has 3 rings (SSSR count). The van der Waals surface area contributed by atoms with Gasteiger partial charge in [-0.3, -0.25) is 9.52 Å². The van der Waals surface area contributed by atoms with Gasteiger partial charge < -0.3 is 14.5 Å². The van der Waals surface area contributed by atoms with Crippen LogP contribution in [-0.2, 0) is 14.8 Å². The van der Waals surface area contributed by atoms with Crippen molar-refractivity contribution in [2.24, 2.45) is 0 Å². The van der Waals surface area contributed by atoms with Crippen LogP contribution in [0.3, 0.4) is 0 Å². The Morgan fingerprint density at radius 2 is 1.79 bits per heavy atom. The number of carbonyl (C=O) groups excluding carboxylic acids is 1. The van der Waals surface area contributed by atoms with Crippen molar-refractivity contribution < 1.29 is 17.9 Å². The molecule has 0 bridgehead atoms. The normalized spacial score (nSPS) is 15.2. The van der Waals surface area contributed by atoms with Crippen molar-refractivity contribution >= 4 is 33.2 Å². The third kappa shape index (κ3) is 5.62. The summed E-state index contributed by atoms with van der Waals surface area (Å²) in [6, 6.07) is 12.8. The molecule has 1 fully saturated rings. The van der Waals surface area contributed by atoms with E-state index in [-0.39, 0.29) is 28.2 Å². The summed E-state index contributed by atoms with van der Waals surface area (Å²) < 4.78 is 33.1. The van der Waals surface area contributed by atoms with Crippen LogP contribution in [0.15, 0.2) is 53.4 Å². The maximum absolute atomic E-state index is 12.5. The van der Waals surface area contributed by atoms with Gasteiger partial charge in [0.2, 0.25) is 0 Å². The zero-order valence-corrected chi connectivity index (χ0v) is 17.7. The molecule has 1 saturated heterocycles. The maximum atomic E-state index is 12.5. The number of anilines is 1. The molecular formula is C20H24ClN3O4S. The second-order valence-corrected chi connectivity index (χ2v) is 8.76. The summed E-state index contributed by atoms with van der Waals surface area (Å²) in [4.78, 5) is 16.4. The van der Waals surface area contributed by atoms with E-state index in [1.165, 1.54) is 18.2 Å². The number of carbonyl (C=O) groups is 1. The van der Waals surface area contributed by atoms with E-state index >= 15 is 0 Å². The number of nitrogens with one attached hydrogen (secondary N) is 1. The van der Waals surface area contributed by atoms with Gasteiger partial charge in [-0.25, -0.2) is 8.42 Å². The number of para-hydroxylation sites is 1. The van der Waals surface area contributed by atoms with Gasteiger partial charge in [-0.1, -0.05) is 36.7 Å². The highest BCUT2D eigenvalue weighted by Crippen LogP contribution is 2.28. The second-order valence-electron chi connectivity index (χ2n) is 6.67. The second kappa shape index (κ2) is 9.47. The molecule has 7 nitrogen and oxygen atoms in total. The molecule has 0 aromatic heterocycles. The highest BCUT2D eigenvalue weighted by molar-refractivity contribution is 7.92. The molecule has 0 saturated carbocycles. The highest BCUT2D eigenvalue weighted by atomic mass is 35.5. The lowest BCUT2D eigenvalue weighted by molar-refractivity contribution is -0.135. The molecule has 9 heteroatoms. The number of benzene rings is 2. The fourth-order valence-corrected chi connectivity index (χ4v) is 4.41. The van der Waals surface area contributed by atoms with Gasteiger partial charge in [0.05, 0.1) is 9.92 Å². The Hall–Kier alpha value is -2.29. The molecule has 1 amide bonds. The molecule has 156 valence electrons. The average Bonchev–Trinajstić information content (AvgIpc) is 2.73. The molecule has 0 atom stereocenters. The van der Waals surface area contributed by atoms with Crippen LogP contribution < -0.4 is 9.46 Å². The van der Waals surface area contributed by atoms with Crippen LogP contribution in [0.2, 0.25) is 5.02 Å². The number of ether oxygens (including phenoxy) is 1. The quantitative estimate of drug-likeness (QED) is 0.720. The molecule has 1 aliphatic rings. The van der Waals surface area contributed by atoms with Crippen LogP contribution in [0.4, 0.5) is 5.69 Å². The van der Waals surface area contributed by atoms with E-state index in [0.29, 0.717) is 18.8 Å². The summed E-state index contributed by atoms with van der Waals surface area (Å²) in [5, 5.41) is 0.129. The van der Waals surface area contributed by atoms with Crippen molar-refractivity contribution in [1.82, 2.24) is 9.80 Å². The smallest absolute Gasteiger partial charge is 0.261 e. The predicted molar refractivity (Wildman–Crippen MR) is 113 cm³/mol. The van der Waals surface area contributed by atoms with E-state index in [9.17, 15) is 13.2 Å². The van der Waals surface area contributed by atoms with E-state index in [0.717, 1.165) is 19.6 Å². The van der Waals surface area contributed by atoms with Crippen molar-refractivity contribution in [2.45, 2.75) is 11.8 Å². The molecule has 2 aromatic rings. The summed E-state index contributed by atoms with van der Waals surface area (Å²) in [6.07, 6.45) is 0. The fourth-order valence-electron chi connectivity index (χ4n) is 3.03. The summed E-state index contributed by atoms with van der Waals surface area (Å²) in [7, 11) is -3.78. The van der Waals surface area contributed by atoms with Crippen molar-refractivity contribution in [3.63, 3.8) is 0 Å². The number of halogens is 1. The van der Waals surface area contributed by atoms with E-state index in [4.69, 9.17) is 16.3 Å². The standard InChI is InChI=1S/C20H24ClN3O4S/c1-2-23-10-12-24(13-11-23)20(25)15-28-19-9-8-17(14-18(19)21)29(26,27)22-16-6-4-3-5-7-16/h3-9,14,22H,2,10-13,15H2,1H3. The Morgan fingerprint density at radius 3 is 2.41 bits per heavy atom. The number of rotatable bonds is 7. The summed E-state index contributed by atoms with van der Waals surface area (Å²) >= 11 is 6.20. The highest BCUT2D eigenvalue weighted by Gasteiger charge is 2.21. The Morgan fingerprint density at radius 1 is 1.10 bits per heavy atom. The van der Waals surface area contributed by atoms with E-state index in [1.807, 2.05) is 0 Å². The predicted octanol–water partition coefficient (Wildman–Crippen LogP) is 2.68. The lowest BCUT2D eigenvalue weighted by Gasteiger charge is -2.33. The van der Waals surface area contributed by atoms with Crippen LogP contribution in [0, 0.1) is 0 Å². The van der Waals surface area contributed by atoms with E-state index in [2.05, 4.69) is 16.5 Å². The first-order valence-electron chi connectivity index (χ1n) is 9.39. The first kappa shape index (κ1) is 21.4. The number of sulfonamides is 1. The largest absolute Gasteiger partial charge is 0.482 e. The number of likely N-dealkylation sites (N-methyl/N-ethyl adjacent to an activating group) is 1. The van der Waals surface area contributed by atoms with E-state index in [1.54, 1.807) is 35.2 Å². The number of piperazine rings is 1. The van der Waals surface area contributed by atoms with Crippen LogP contribution in [0.1, 0.15) is 6.92 Å². The minimum atomic E-state index is -3.78. The topological polar surface area (TPSA) is 79.0 Å². The van der Waals surface area contributed by atoms with Gasteiger partial charge in [-0.05, 0) is 36.9 Å². The molecule has 0 spiro atoms. The Bertz CT molecular complexity index is 945. The lowest BCUT2D eigenvalue weighted by atomic mass is 10.3. The molecule has 1 aliphatic heterocycles. The Kier molecular flexibility index (Phi) is 7.00. The first-order valence-corrected chi connectivity index (χ1v) is 11.3. The third-order valence-corrected chi connectivity index (χ3v) is 6.44. The molecule has 29 heavy (non-hydrogen) atoms. The molecule has 2 aromatic carbocycles. The first-order chi connectivity index (χ1) is 13.9. The molecule has 0 aliphatic carbocycles. The number of hydrogen-bond acceptors (Lipinski definition) is 5. The molecule has 0 radical (unpaired) electrons. The summed E-state index contributed by atoms with van der Waals surface area (Å²) in [5.74, 6) is 0.158. The van der Waals surface area contributed by atoms with Gasteiger partial charge >= 0.3 is 0 Å². The Labute approximate surface area is 176 Å². The minimum absolute atomic E-state index is 0.0146. The SMILES string of the molecule is CCN1CCN(C(=O)COc2ccc(S(=O)(=O)Nc3ccccc3)cc2Cl)CC1. The zero-order chi connectivity index (χ0) is 20.9. The summed E-state index contributed by atoms with van der Waals surface area (Å²) in [5.41, 5.74) is 0.456. The molecule has 1 heterocycles. The monoisotopic (exact) mass is 437 g/mol. The average molecular weight is 438 g/mol. The Balaban J connectivity index is 1.60. The van der Waals surface area contributed by atoms with Crippen molar-refractivity contribution in [3.8, 4) is 5.75 Å². The van der Waals surface area contributed by atoms with Crippen LogP contribution in [-0.4, -0.2) is 63.5 Å². The van der Waals surface area contributed by atoms with Gasteiger partial charge in [-0.15, -0.1) is 0 Å². The minimum Gasteiger partial charge on any atom is -0.482 e. The van der Waals surface area contributed by atoms with Gasteiger partial charge in [0, 0.05) is 31.9 Å². The lowest BCUT2D eigenvalue weighted by Crippen LogP contribution is -2.49. The van der Waals surface area contributed by atoms with E-state index < -0.39 is 10.0 Å². The number of hydrogen-bond donors (Lipinski definition) is 1. The van der Waals surface area contributed by atoms with Crippen LogP contribution in [0.25, 0.3) is 0 Å². The van der Waals surface area contributed by atoms with Gasteiger partial charge in [0.25, 0.3) is 15.9 Å². The molecule has 0 unspecified atom stereocenters. The van der Waals surface area contributed by atoms with Crippen molar-refractivity contribution in [2.75, 3.05) is 44.1 Å². The van der Waals surface area contributed by atoms with Gasteiger partial charge in [-0.2, -0.15) is 0 Å². The third-order valence-electron chi connectivity index (χ3n) is 4.76. The molecular weight excluding hydrogens is 414 g/mol. The molecule has 1 N–H and O–H groups in total. The van der Waals surface area contributed by atoms with Crippen molar-refractivity contribution in [1.29, 1.82) is 0 Å². The maximum Gasteiger partial charge on any atom is 0.261 e. The zero-order valence-electron chi connectivity index (χ0n) is 16.2. The number of amides is 1. The van der Waals surface area contributed by atoms with Gasteiger partial charge in [0.1, 0.15) is 5.75 Å². The van der Waals surface area contributed by atoms with Crippen LogP contribution >= 0.6 is 11.6 Å². The van der Waals surface area contributed by atoms with Crippen LogP contribution in [0.5, 0.6) is 5.75 Å². The fraction of sp³-hybridized carbons (Fsp3) is 0.350. The number of nitrogens with zero attached hydrogens (tertiary/aromatic N) is 2. The summed E-state index contributed by atoms with van der Waals surface area (Å²) in [6.45, 7) is 5.98. The van der Waals surface area contributed by atoms with Gasteiger partial charge in [0.15, 0.2) is 6.61 Å². The van der Waals surface area contributed by atoms with Crippen molar-refractivity contribution in [3.05, 3.63) is 53.6 Å².